The Morgan fingerprint density at radius 1 is 0.933 bits per heavy atom. The minimum absolute atomic E-state index is 0.111. The highest BCUT2D eigenvalue weighted by molar-refractivity contribution is 5.91. The van der Waals surface area contributed by atoms with Crippen LogP contribution in [0.2, 0.25) is 0 Å². The Kier molecular flexibility index (Phi) is 6.18. The van der Waals surface area contributed by atoms with Crippen molar-refractivity contribution in [3.8, 4) is 5.75 Å². The van der Waals surface area contributed by atoms with Gasteiger partial charge in [-0.2, -0.15) is 0 Å². The molecule has 0 atom stereocenters. The summed E-state index contributed by atoms with van der Waals surface area (Å²) < 4.78 is 5.31. The molecule has 0 unspecified atom stereocenters. The van der Waals surface area contributed by atoms with E-state index in [0.29, 0.717) is 24.5 Å². The van der Waals surface area contributed by atoms with Crippen LogP contribution in [-0.4, -0.2) is 92.3 Å². The molecular weight excluding hydrogens is 382 g/mol. The van der Waals surface area contributed by atoms with Crippen molar-refractivity contribution in [3.63, 3.8) is 0 Å². The topological polar surface area (TPSA) is 77.1 Å². The summed E-state index contributed by atoms with van der Waals surface area (Å²) in [6.45, 7) is 6.77. The van der Waals surface area contributed by atoms with Gasteiger partial charge in [-0.25, -0.2) is 14.8 Å². The number of hydrogen-bond acceptors (Lipinski definition) is 7. The Balaban J connectivity index is 1.34. The number of rotatable bonds is 4. The molecule has 2 aliphatic heterocycles. The van der Waals surface area contributed by atoms with E-state index in [1.54, 1.807) is 13.4 Å². The summed E-state index contributed by atoms with van der Waals surface area (Å²) in [4.78, 5) is 30.3. The fourth-order valence-electron chi connectivity index (χ4n) is 3.80. The van der Waals surface area contributed by atoms with E-state index in [0.717, 1.165) is 50.9 Å². The van der Waals surface area contributed by atoms with E-state index in [-0.39, 0.29) is 6.03 Å². The Morgan fingerprint density at radius 3 is 2.17 bits per heavy atom. The predicted octanol–water partition coefficient (Wildman–Crippen LogP) is 1.59. The van der Waals surface area contributed by atoms with Crippen LogP contribution in [0.4, 0.5) is 22.1 Å². The molecule has 160 valence electrons. The second-order valence-corrected chi connectivity index (χ2v) is 7.63. The van der Waals surface area contributed by atoms with Gasteiger partial charge in [0.15, 0.2) is 0 Å². The van der Waals surface area contributed by atoms with Crippen molar-refractivity contribution in [3.05, 3.63) is 36.7 Å². The summed E-state index contributed by atoms with van der Waals surface area (Å²) in [5.41, 5.74) is 0.681. The van der Waals surface area contributed by atoms with Crippen LogP contribution in [0, 0.1) is 0 Å². The molecule has 0 spiro atoms. The molecule has 2 fully saturated rings. The molecule has 1 aromatic carbocycles. The Morgan fingerprint density at radius 2 is 1.53 bits per heavy atom. The number of carbonyl (C=O) groups is 1. The average molecular weight is 412 g/mol. The summed E-state index contributed by atoms with van der Waals surface area (Å²) >= 11 is 0. The first-order chi connectivity index (χ1) is 14.6. The van der Waals surface area contributed by atoms with Crippen LogP contribution < -0.4 is 19.9 Å². The summed E-state index contributed by atoms with van der Waals surface area (Å²) in [7, 11) is 3.74. The normalized spacial score (nSPS) is 17.7. The van der Waals surface area contributed by atoms with E-state index in [2.05, 4.69) is 43.1 Å². The first-order valence-corrected chi connectivity index (χ1v) is 10.3. The van der Waals surface area contributed by atoms with Crippen LogP contribution in [-0.2, 0) is 0 Å². The third-order valence-corrected chi connectivity index (χ3v) is 5.70. The molecule has 0 bridgehead atoms. The number of benzene rings is 1. The number of nitrogens with one attached hydrogen (secondary N) is 1. The lowest BCUT2D eigenvalue weighted by Gasteiger charge is -2.36. The zero-order valence-corrected chi connectivity index (χ0v) is 17.6. The number of urea groups is 1. The third kappa shape index (κ3) is 4.56. The first kappa shape index (κ1) is 20.2. The van der Waals surface area contributed by atoms with E-state index >= 15 is 0 Å². The van der Waals surface area contributed by atoms with Gasteiger partial charge in [-0.05, 0) is 19.2 Å². The minimum atomic E-state index is -0.111. The molecule has 1 aromatic heterocycles. The van der Waals surface area contributed by atoms with Gasteiger partial charge in [-0.15, -0.1) is 0 Å². The lowest BCUT2D eigenvalue weighted by Crippen LogP contribution is -2.50. The zero-order chi connectivity index (χ0) is 20.9. The number of ether oxygens (including phenoxy) is 1. The van der Waals surface area contributed by atoms with E-state index in [1.807, 2.05) is 29.2 Å². The molecule has 30 heavy (non-hydrogen) atoms. The van der Waals surface area contributed by atoms with Gasteiger partial charge in [0.2, 0.25) is 0 Å². The number of nitrogens with zero attached hydrogens (tertiary/aromatic N) is 6. The molecule has 2 amide bonds. The van der Waals surface area contributed by atoms with Crippen LogP contribution in [0.1, 0.15) is 0 Å². The van der Waals surface area contributed by atoms with Crippen molar-refractivity contribution >= 4 is 23.4 Å². The van der Waals surface area contributed by atoms with Gasteiger partial charge in [0.05, 0.1) is 12.8 Å². The van der Waals surface area contributed by atoms with Crippen LogP contribution in [0.3, 0.4) is 0 Å². The first-order valence-electron chi connectivity index (χ1n) is 10.3. The largest absolute Gasteiger partial charge is 0.495 e. The van der Waals surface area contributed by atoms with Crippen LogP contribution in [0.25, 0.3) is 0 Å². The van der Waals surface area contributed by atoms with Crippen LogP contribution in [0.5, 0.6) is 5.75 Å². The zero-order valence-electron chi connectivity index (χ0n) is 17.6. The molecule has 0 aliphatic carbocycles. The lowest BCUT2D eigenvalue weighted by atomic mass is 10.3. The van der Waals surface area contributed by atoms with Crippen LogP contribution in [0.15, 0.2) is 36.7 Å². The molecule has 2 aliphatic rings. The molecule has 9 heteroatoms. The van der Waals surface area contributed by atoms with E-state index < -0.39 is 0 Å². The van der Waals surface area contributed by atoms with Crippen molar-refractivity contribution in [2.24, 2.45) is 0 Å². The highest BCUT2D eigenvalue weighted by Crippen LogP contribution is 2.24. The number of aromatic nitrogens is 2. The Hall–Kier alpha value is -3.07. The lowest BCUT2D eigenvalue weighted by molar-refractivity contribution is 0.208. The van der Waals surface area contributed by atoms with Gasteiger partial charge < -0.3 is 29.7 Å². The van der Waals surface area contributed by atoms with Gasteiger partial charge in [-0.1, -0.05) is 12.1 Å². The third-order valence-electron chi connectivity index (χ3n) is 5.70. The Labute approximate surface area is 177 Å². The molecule has 4 rings (SSSR count). The number of anilines is 3. The van der Waals surface area contributed by atoms with Crippen molar-refractivity contribution < 1.29 is 9.53 Å². The number of amides is 2. The highest BCUT2D eigenvalue weighted by Gasteiger charge is 2.24. The smallest absolute Gasteiger partial charge is 0.322 e. The number of methoxy groups -OCH3 is 1. The SMILES string of the molecule is COc1ccccc1NC(=O)N1CCN(c2cc(N3CCN(C)CC3)ncn2)CC1. The number of carbonyl (C=O) groups excluding carboxylic acids is 1. The standard InChI is InChI=1S/C21H29N7O2/c1-25-7-9-26(10-8-25)19-15-20(23-16-22-19)27-11-13-28(14-12-27)21(29)24-17-5-3-4-6-18(17)30-2/h3-6,15-16H,7-14H2,1-2H3,(H,24,29). The maximum absolute atomic E-state index is 12.7. The highest BCUT2D eigenvalue weighted by atomic mass is 16.5. The van der Waals surface area contributed by atoms with E-state index in [4.69, 9.17) is 4.74 Å². The summed E-state index contributed by atoms with van der Waals surface area (Å²) in [6.07, 6.45) is 1.64. The summed E-state index contributed by atoms with van der Waals surface area (Å²) in [5.74, 6) is 2.55. The fraction of sp³-hybridized carbons (Fsp3) is 0.476. The van der Waals surface area contributed by atoms with Crippen molar-refractivity contribution in [2.75, 3.05) is 81.6 Å². The molecule has 2 saturated heterocycles. The molecule has 1 N–H and O–H groups in total. The molecule has 9 nitrogen and oxygen atoms in total. The minimum Gasteiger partial charge on any atom is -0.495 e. The van der Waals surface area contributed by atoms with E-state index in [1.165, 1.54) is 0 Å². The fourth-order valence-corrected chi connectivity index (χ4v) is 3.80. The van der Waals surface area contributed by atoms with Crippen LogP contribution >= 0.6 is 0 Å². The van der Waals surface area contributed by atoms with Crippen molar-refractivity contribution in [2.45, 2.75) is 0 Å². The number of hydrogen-bond donors (Lipinski definition) is 1. The molecule has 0 radical (unpaired) electrons. The number of para-hydroxylation sites is 2. The van der Waals surface area contributed by atoms with E-state index in [9.17, 15) is 4.79 Å². The second-order valence-electron chi connectivity index (χ2n) is 7.63. The van der Waals surface area contributed by atoms with Gasteiger partial charge >= 0.3 is 6.03 Å². The average Bonchev–Trinajstić information content (AvgIpc) is 2.80. The number of piperazine rings is 2. The van der Waals surface area contributed by atoms with Gasteiger partial charge in [0.1, 0.15) is 23.7 Å². The predicted molar refractivity (Wildman–Crippen MR) is 118 cm³/mol. The second kappa shape index (κ2) is 9.17. The van der Waals surface area contributed by atoms with Gasteiger partial charge in [0.25, 0.3) is 0 Å². The van der Waals surface area contributed by atoms with Gasteiger partial charge in [0, 0.05) is 58.4 Å². The monoisotopic (exact) mass is 411 g/mol. The van der Waals surface area contributed by atoms with Crippen molar-refractivity contribution in [1.82, 2.24) is 19.8 Å². The summed E-state index contributed by atoms with van der Waals surface area (Å²) in [6, 6.07) is 9.39. The van der Waals surface area contributed by atoms with Gasteiger partial charge in [-0.3, -0.25) is 0 Å². The maximum atomic E-state index is 12.7. The van der Waals surface area contributed by atoms with Crippen molar-refractivity contribution in [1.29, 1.82) is 0 Å². The number of likely N-dealkylation sites (N-methyl/N-ethyl adjacent to an activating group) is 1. The summed E-state index contributed by atoms with van der Waals surface area (Å²) in [5, 5.41) is 2.95. The molecule has 0 saturated carbocycles. The molecule has 3 heterocycles. The molecule has 2 aromatic rings. The maximum Gasteiger partial charge on any atom is 0.322 e. The quantitative estimate of drug-likeness (QED) is 0.819. The molecular formula is C21H29N7O2. The Bertz CT molecular complexity index is 862.